The van der Waals surface area contributed by atoms with Gasteiger partial charge in [-0.05, 0) is 36.4 Å². The van der Waals surface area contributed by atoms with Crippen LogP contribution in [0.3, 0.4) is 0 Å². The van der Waals surface area contributed by atoms with Gasteiger partial charge in [-0.2, -0.15) is 0 Å². The van der Waals surface area contributed by atoms with E-state index in [1.807, 2.05) is 29.2 Å². The van der Waals surface area contributed by atoms with Crippen molar-refractivity contribution in [3.05, 3.63) is 59.3 Å². The second-order valence-corrected chi connectivity index (χ2v) is 7.36. The molecule has 0 N–H and O–H groups in total. The first kappa shape index (κ1) is 20.1. The van der Waals surface area contributed by atoms with Crippen LogP contribution in [0.2, 0.25) is 0 Å². The van der Waals surface area contributed by atoms with E-state index in [4.69, 9.17) is 21.1 Å². The summed E-state index contributed by atoms with van der Waals surface area (Å²) in [5.74, 6) is 0.450. The lowest BCUT2D eigenvalue weighted by Crippen LogP contribution is -2.47. The Bertz CT molecular complexity index is 998. The third kappa shape index (κ3) is 3.57. The number of hydrogen-bond donors (Lipinski definition) is 0. The summed E-state index contributed by atoms with van der Waals surface area (Å²) in [6.45, 7) is 2.59. The number of nitrogens with zero attached hydrogens (tertiary/aromatic N) is 3. The van der Waals surface area contributed by atoms with Gasteiger partial charge in [-0.1, -0.05) is 17.7 Å². The Morgan fingerprint density at radius 2 is 1.40 bits per heavy atom. The first-order chi connectivity index (χ1) is 14.5. The molecule has 1 saturated heterocycles. The molecule has 0 bridgehead atoms. The van der Waals surface area contributed by atoms with Gasteiger partial charge in [-0.25, -0.2) is 4.90 Å². The van der Waals surface area contributed by atoms with Crippen LogP contribution in [0.4, 0.5) is 11.4 Å². The number of piperazine rings is 1. The maximum absolute atomic E-state index is 13.1. The Hall–Kier alpha value is -3.19. The Morgan fingerprint density at radius 3 is 2.03 bits per heavy atom. The summed E-state index contributed by atoms with van der Waals surface area (Å²) >= 11 is 6.33. The molecule has 0 radical (unpaired) electrons. The molecule has 0 saturated carbocycles. The molecule has 0 aromatic heterocycles. The number of carbonyl (C=O) groups excluding carboxylic acids is 2. The number of imide groups is 1. The molecule has 7 nitrogen and oxygen atoms in total. The van der Waals surface area contributed by atoms with Gasteiger partial charge in [0, 0.05) is 37.9 Å². The van der Waals surface area contributed by atoms with Gasteiger partial charge in [0.15, 0.2) is 0 Å². The van der Waals surface area contributed by atoms with Crippen molar-refractivity contribution in [1.82, 2.24) is 4.90 Å². The van der Waals surface area contributed by atoms with E-state index in [2.05, 4.69) is 4.90 Å². The quantitative estimate of drug-likeness (QED) is 0.684. The van der Waals surface area contributed by atoms with E-state index in [0.717, 1.165) is 16.3 Å². The number of benzene rings is 2. The lowest BCUT2D eigenvalue weighted by Gasteiger charge is -2.37. The van der Waals surface area contributed by atoms with Gasteiger partial charge in [0.05, 0.1) is 19.9 Å². The summed E-state index contributed by atoms with van der Waals surface area (Å²) < 4.78 is 10.4. The topological polar surface area (TPSA) is 62.3 Å². The van der Waals surface area contributed by atoms with E-state index in [9.17, 15) is 9.59 Å². The van der Waals surface area contributed by atoms with Gasteiger partial charge in [-0.3, -0.25) is 9.59 Å². The van der Waals surface area contributed by atoms with Crippen molar-refractivity contribution in [2.24, 2.45) is 0 Å². The summed E-state index contributed by atoms with van der Waals surface area (Å²) in [6.07, 6.45) is 0. The standard InChI is InChI=1S/C22H22ClN3O4/c1-29-17-8-6-15(7-9-17)24-10-12-25(13-11-24)20-19(23)21(27)26(22(20)28)16-4-3-5-18(14-16)30-2/h3-9,14H,10-13H2,1-2H3. The van der Waals surface area contributed by atoms with E-state index >= 15 is 0 Å². The largest absolute Gasteiger partial charge is 0.497 e. The van der Waals surface area contributed by atoms with Gasteiger partial charge >= 0.3 is 0 Å². The van der Waals surface area contributed by atoms with Crippen LogP contribution in [0.25, 0.3) is 0 Å². The summed E-state index contributed by atoms with van der Waals surface area (Å²) in [6, 6.07) is 14.7. The monoisotopic (exact) mass is 427 g/mol. The molecule has 1 fully saturated rings. The van der Waals surface area contributed by atoms with Crippen LogP contribution in [0.15, 0.2) is 59.3 Å². The zero-order valence-electron chi connectivity index (χ0n) is 16.8. The molecule has 4 rings (SSSR count). The minimum atomic E-state index is -0.512. The molecule has 0 unspecified atom stereocenters. The molecule has 8 heteroatoms. The first-order valence-corrected chi connectivity index (χ1v) is 9.98. The minimum absolute atomic E-state index is 0.0410. The van der Waals surface area contributed by atoms with Gasteiger partial charge in [0.2, 0.25) is 0 Å². The Balaban J connectivity index is 1.49. The highest BCUT2D eigenvalue weighted by atomic mass is 35.5. The molecular formula is C22H22ClN3O4. The lowest BCUT2D eigenvalue weighted by atomic mass is 10.2. The zero-order valence-corrected chi connectivity index (χ0v) is 17.6. The van der Waals surface area contributed by atoms with Crippen molar-refractivity contribution < 1.29 is 19.1 Å². The number of halogens is 1. The average molecular weight is 428 g/mol. The smallest absolute Gasteiger partial charge is 0.283 e. The number of rotatable bonds is 5. The Labute approximate surface area is 180 Å². The van der Waals surface area contributed by atoms with E-state index < -0.39 is 11.8 Å². The average Bonchev–Trinajstić information content (AvgIpc) is 3.02. The number of anilines is 2. The molecule has 2 heterocycles. The SMILES string of the molecule is COc1ccc(N2CCN(C3=C(Cl)C(=O)N(c4cccc(OC)c4)C3=O)CC2)cc1. The van der Waals surface area contributed by atoms with Crippen molar-refractivity contribution in [3.8, 4) is 11.5 Å². The molecular weight excluding hydrogens is 406 g/mol. The molecule has 2 aromatic rings. The minimum Gasteiger partial charge on any atom is -0.497 e. The highest BCUT2D eigenvalue weighted by Crippen LogP contribution is 2.33. The fourth-order valence-corrected chi connectivity index (χ4v) is 4.02. The van der Waals surface area contributed by atoms with Crippen molar-refractivity contribution in [1.29, 1.82) is 0 Å². The van der Waals surface area contributed by atoms with Crippen LogP contribution in [0.1, 0.15) is 0 Å². The summed E-state index contributed by atoms with van der Waals surface area (Å²) in [7, 11) is 3.17. The summed E-state index contributed by atoms with van der Waals surface area (Å²) in [5.41, 5.74) is 1.79. The third-order valence-electron chi connectivity index (χ3n) is 5.35. The van der Waals surface area contributed by atoms with E-state index in [-0.39, 0.29) is 10.7 Å². The van der Waals surface area contributed by atoms with Gasteiger partial charge < -0.3 is 19.3 Å². The number of hydrogen-bond acceptors (Lipinski definition) is 6. The van der Waals surface area contributed by atoms with Crippen molar-refractivity contribution in [2.45, 2.75) is 0 Å². The zero-order chi connectivity index (χ0) is 21.3. The summed E-state index contributed by atoms with van der Waals surface area (Å²) in [5, 5.41) is -0.0410. The molecule has 156 valence electrons. The molecule has 0 aliphatic carbocycles. The van der Waals surface area contributed by atoms with Crippen LogP contribution >= 0.6 is 11.6 Å². The first-order valence-electron chi connectivity index (χ1n) is 9.60. The van der Waals surface area contributed by atoms with Gasteiger partial charge in [-0.15, -0.1) is 0 Å². The van der Waals surface area contributed by atoms with Crippen molar-refractivity contribution in [3.63, 3.8) is 0 Å². The fourth-order valence-electron chi connectivity index (χ4n) is 3.73. The second-order valence-electron chi connectivity index (χ2n) is 6.98. The normalized spacial score (nSPS) is 17.1. The molecule has 2 amide bonds. The van der Waals surface area contributed by atoms with Crippen molar-refractivity contribution in [2.75, 3.05) is 50.2 Å². The Morgan fingerprint density at radius 1 is 0.767 bits per heavy atom. The van der Waals surface area contributed by atoms with Crippen LogP contribution in [0, 0.1) is 0 Å². The van der Waals surface area contributed by atoms with Crippen LogP contribution in [-0.4, -0.2) is 57.1 Å². The second kappa shape index (κ2) is 8.28. The van der Waals surface area contributed by atoms with E-state index in [1.165, 1.54) is 7.11 Å². The molecule has 2 aliphatic rings. The van der Waals surface area contributed by atoms with E-state index in [0.29, 0.717) is 37.6 Å². The third-order valence-corrected chi connectivity index (χ3v) is 5.69. The molecule has 2 aliphatic heterocycles. The van der Waals surface area contributed by atoms with Gasteiger partial charge in [0.25, 0.3) is 11.8 Å². The fraction of sp³-hybridized carbons (Fsp3) is 0.273. The predicted octanol–water partition coefficient (Wildman–Crippen LogP) is 2.85. The van der Waals surface area contributed by atoms with Gasteiger partial charge in [0.1, 0.15) is 22.2 Å². The van der Waals surface area contributed by atoms with Crippen LogP contribution in [-0.2, 0) is 9.59 Å². The number of methoxy groups -OCH3 is 2. The molecule has 0 atom stereocenters. The maximum atomic E-state index is 13.1. The van der Waals surface area contributed by atoms with Crippen molar-refractivity contribution >= 4 is 34.8 Å². The highest BCUT2D eigenvalue weighted by molar-refractivity contribution is 6.52. The summed E-state index contributed by atoms with van der Waals surface area (Å²) in [4.78, 5) is 31.1. The number of ether oxygens (including phenoxy) is 2. The van der Waals surface area contributed by atoms with E-state index in [1.54, 1.807) is 31.4 Å². The lowest BCUT2D eigenvalue weighted by molar-refractivity contribution is -0.121. The predicted molar refractivity (Wildman–Crippen MR) is 115 cm³/mol. The molecule has 30 heavy (non-hydrogen) atoms. The number of carbonyl (C=O) groups is 2. The molecule has 2 aromatic carbocycles. The maximum Gasteiger partial charge on any atom is 0.283 e. The Kier molecular flexibility index (Phi) is 5.55. The number of amides is 2. The highest BCUT2D eigenvalue weighted by Gasteiger charge is 2.42. The van der Waals surface area contributed by atoms with Crippen LogP contribution in [0.5, 0.6) is 11.5 Å². The van der Waals surface area contributed by atoms with Crippen LogP contribution < -0.4 is 19.3 Å². The molecule has 0 spiro atoms.